The highest BCUT2D eigenvalue weighted by Gasteiger charge is 2.18. The molecule has 0 radical (unpaired) electrons. The summed E-state index contributed by atoms with van der Waals surface area (Å²) in [5.74, 6) is 1.59. The summed E-state index contributed by atoms with van der Waals surface area (Å²) in [6, 6.07) is 2.13. The van der Waals surface area contributed by atoms with Gasteiger partial charge in [0.1, 0.15) is 0 Å². The van der Waals surface area contributed by atoms with Gasteiger partial charge in [-0.2, -0.15) is 11.3 Å². The van der Waals surface area contributed by atoms with Gasteiger partial charge in [-0.1, -0.05) is 0 Å². The summed E-state index contributed by atoms with van der Waals surface area (Å²) in [5.41, 5.74) is 1.30. The van der Waals surface area contributed by atoms with Crippen molar-refractivity contribution in [3.63, 3.8) is 0 Å². The first-order valence-corrected chi connectivity index (χ1v) is 7.24. The van der Waals surface area contributed by atoms with Crippen molar-refractivity contribution in [1.82, 2.24) is 10.2 Å². The normalized spacial score (nSPS) is 20.1. The molecular weight excluding hydrogens is 246 g/mol. The minimum Gasteiger partial charge on any atom is -0.381 e. The predicted octanol–water partition coefficient (Wildman–Crippen LogP) is 1.79. The Morgan fingerprint density at radius 3 is 3.17 bits per heavy atom. The van der Waals surface area contributed by atoms with Crippen molar-refractivity contribution in [2.24, 2.45) is 10.9 Å². The van der Waals surface area contributed by atoms with E-state index in [9.17, 15) is 0 Å². The van der Waals surface area contributed by atoms with E-state index in [1.165, 1.54) is 5.56 Å². The fraction of sp³-hybridized carbons (Fsp3) is 0.615. The van der Waals surface area contributed by atoms with Crippen LogP contribution < -0.4 is 5.32 Å². The van der Waals surface area contributed by atoms with E-state index in [1.807, 2.05) is 7.05 Å². The molecule has 1 aromatic rings. The Bertz CT molecular complexity index is 372. The van der Waals surface area contributed by atoms with Crippen LogP contribution in [0.5, 0.6) is 0 Å². The zero-order valence-corrected chi connectivity index (χ0v) is 11.9. The number of nitrogens with one attached hydrogen (secondary N) is 1. The van der Waals surface area contributed by atoms with Crippen molar-refractivity contribution in [1.29, 1.82) is 0 Å². The number of thiophene rings is 1. The maximum Gasteiger partial charge on any atom is 0.193 e. The van der Waals surface area contributed by atoms with Crippen LogP contribution in [0.25, 0.3) is 0 Å². The van der Waals surface area contributed by atoms with Gasteiger partial charge >= 0.3 is 0 Å². The Kier molecular flexibility index (Phi) is 5.01. The number of nitrogens with zero attached hydrogens (tertiary/aromatic N) is 2. The molecule has 0 bridgehead atoms. The number of ether oxygens (including phenoxy) is 1. The third-order valence-corrected chi connectivity index (χ3v) is 3.89. The van der Waals surface area contributed by atoms with Gasteiger partial charge in [0.25, 0.3) is 0 Å². The number of hydrogen-bond donors (Lipinski definition) is 1. The average molecular weight is 267 g/mol. The standard InChI is InChI=1S/C13H21N3OS/c1-14-13(15-7-11-4-6-18-10-11)16(2)8-12-3-5-17-9-12/h4,6,10,12H,3,5,7-9H2,1-2H3,(H,14,15). The minimum atomic E-state index is 0.634. The van der Waals surface area contributed by atoms with E-state index in [2.05, 4.69) is 39.1 Å². The molecule has 1 fully saturated rings. The zero-order chi connectivity index (χ0) is 12.8. The first kappa shape index (κ1) is 13.4. The first-order valence-electron chi connectivity index (χ1n) is 6.30. The summed E-state index contributed by atoms with van der Waals surface area (Å²) in [7, 11) is 3.92. The predicted molar refractivity (Wildman–Crippen MR) is 76.1 cm³/mol. The van der Waals surface area contributed by atoms with Gasteiger partial charge in [0, 0.05) is 39.7 Å². The number of guanidine groups is 1. The van der Waals surface area contributed by atoms with Gasteiger partial charge in [-0.05, 0) is 28.8 Å². The number of hydrogen-bond acceptors (Lipinski definition) is 3. The second-order valence-corrected chi connectivity index (χ2v) is 5.42. The third-order valence-electron chi connectivity index (χ3n) is 3.16. The van der Waals surface area contributed by atoms with Crippen molar-refractivity contribution in [2.45, 2.75) is 13.0 Å². The molecule has 1 unspecified atom stereocenters. The molecule has 0 aliphatic carbocycles. The second kappa shape index (κ2) is 6.75. The van der Waals surface area contributed by atoms with E-state index in [1.54, 1.807) is 11.3 Å². The average Bonchev–Trinajstić information content (AvgIpc) is 3.02. The lowest BCUT2D eigenvalue weighted by Gasteiger charge is -2.24. The van der Waals surface area contributed by atoms with Crippen LogP contribution in [0.4, 0.5) is 0 Å². The van der Waals surface area contributed by atoms with Gasteiger partial charge in [0.05, 0.1) is 6.61 Å². The lowest BCUT2D eigenvalue weighted by molar-refractivity contribution is 0.181. The van der Waals surface area contributed by atoms with Gasteiger partial charge in [-0.15, -0.1) is 0 Å². The number of aliphatic imine (C=N–C) groups is 1. The van der Waals surface area contributed by atoms with Crippen molar-refractivity contribution >= 4 is 17.3 Å². The lowest BCUT2D eigenvalue weighted by atomic mass is 10.1. The fourth-order valence-corrected chi connectivity index (χ4v) is 2.83. The molecule has 5 heteroatoms. The fourth-order valence-electron chi connectivity index (χ4n) is 2.16. The van der Waals surface area contributed by atoms with Crippen molar-refractivity contribution < 1.29 is 4.74 Å². The molecule has 1 N–H and O–H groups in total. The molecule has 1 aliphatic rings. The topological polar surface area (TPSA) is 36.9 Å². The highest BCUT2D eigenvalue weighted by molar-refractivity contribution is 7.07. The largest absolute Gasteiger partial charge is 0.381 e. The van der Waals surface area contributed by atoms with E-state index in [0.717, 1.165) is 38.7 Å². The van der Waals surface area contributed by atoms with E-state index < -0.39 is 0 Å². The summed E-state index contributed by atoms with van der Waals surface area (Å²) < 4.78 is 5.40. The highest BCUT2D eigenvalue weighted by Crippen LogP contribution is 2.13. The van der Waals surface area contributed by atoms with Crippen molar-refractivity contribution in [2.75, 3.05) is 33.9 Å². The molecule has 0 aromatic carbocycles. The van der Waals surface area contributed by atoms with Gasteiger partial charge in [0.2, 0.25) is 0 Å². The summed E-state index contributed by atoms with van der Waals surface area (Å²) >= 11 is 1.72. The molecule has 1 saturated heterocycles. The van der Waals surface area contributed by atoms with Gasteiger partial charge in [-0.25, -0.2) is 0 Å². The molecule has 0 saturated carbocycles. The molecule has 100 valence electrons. The van der Waals surface area contributed by atoms with E-state index in [-0.39, 0.29) is 0 Å². The van der Waals surface area contributed by atoms with Crippen LogP contribution in [0.1, 0.15) is 12.0 Å². The quantitative estimate of drug-likeness (QED) is 0.667. The Morgan fingerprint density at radius 1 is 1.67 bits per heavy atom. The smallest absolute Gasteiger partial charge is 0.193 e. The molecule has 0 spiro atoms. The van der Waals surface area contributed by atoms with Crippen LogP contribution in [0.2, 0.25) is 0 Å². The third kappa shape index (κ3) is 3.71. The molecule has 2 rings (SSSR count). The SMILES string of the molecule is CN=C(NCc1ccsc1)N(C)CC1CCOC1. The summed E-state index contributed by atoms with van der Waals surface area (Å²) in [6.45, 7) is 3.62. The summed E-state index contributed by atoms with van der Waals surface area (Å²) in [6.07, 6.45) is 1.16. The van der Waals surface area contributed by atoms with Crippen LogP contribution in [0.3, 0.4) is 0 Å². The highest BCUT2D eigenvalue weighted by atomic mass is 32.1. The number of rotatable bonds is 4. The minimum absolute atomic E-state index is 0.634. The van der Waals surface area contributed by atoms with Gasteiger partial charge in [-0.3, -0.25) is 4.99 Å². The molecule has 0 amide bonds. The van der Waals surface area contributed by atoms with Crippen LogP contribution in [-0.2, 0) is 11.3 Å². The van der Waals surface area contributed by atoms with Crippen LogP contribution in [0.15, 0.2) is 21.8 Å². The van der Waals surface area contributed by atoms with Crippen LogP contribution in [-0.4, -0.2) is 44.7 Å². The lowest BCUT2D eigenvalue weighted by Crippen LogP contribution is -2.41. The Hall–Kier alpha value is -1.07. The van der Waals surface area contributed by atoms with Gasteiger partial charge < -0.3 is 15.0 Å². The maximum atomic E-state index is 5.40. The van der Waals surface area contributed by atoms with E-state index in [0.29, 0.717) is 5.92 Å². The first-order chi connectivity index (χ1) is 8.79. The summed E-state index contributed by atoms with van der Waals surface area (Å²) in [5, 5.41) is 7.64. The molecular formula is C13H21N3OS. The van der Waals surface area contributed by atoms with E-state index in [4.69, 9.17) is 4.74 Å². The molecule has 1 aliphatic heterocycles. The van der Waals surface area contributed by atoms with Crippen molar-refractivity contribution in [3.05, 3.63) is 22.4 Å². The van der Waals surface area contributed by atoms with E-state index >= 15 is 0 Å². The monoisotopic (exact) mass is 267 g/mol. The molecule has 2 heterocycles. The van der Waals surface area contributed by atoms with Crippen LogP contribution >= 0.6 is 11.3 Å². The van der Waals surface area contributed by atoms with Gasteiger partial charge in [0.15, 0.2) is 5.96 Å². The molecule has 1 atom stereocenters. The molecule has 18 heavy (non-hydrogen) atoms. The zero-order valence-electron chi connectivity index (χ0n) is 11.1. The second-order valence-electron chi connectivity index (χ2n) is 4.64. The maximum absolute atomic E-state index is 5.40. The Balaban J connectivity index is 1.80. The Labute approximate surface area is 113 Å². The van der Waals surface area contributed by atoms with Crippen LogP contribution in [0, 0.1) is 5.92 Å². The Morgan fingerprint density at radius 2 is 2.56 bits per heavy atom. The molecule has 4 nitrogen and oxygen atoms in total. The molecule has 1 aromatic heterocycles. The van der Waals surface area contributed by atoms with Crippen molar-refractivity contribution in [3.8, 4) is 0 Å². The summed E-state index contributed by atoms with van der Waals surface area (Å²) in [4.78, 5) is 6.51.